The van der Waals surface area contributed by atoms with Gasteiger partial charge in [0.05, 0.1) is 22.3 Å². The molecule has 4 aromatic rings. The number of H-pyrrole nitrogens is 1. The number of hydrogen-bond acceptors (Lipinski definition) is 3. The van der Waals surface area contributed by atoms with Crippen LogP contribution in [0.2, 0.25) is 10.2 Å². The highest BCUT2D eigenvalue weighted by Crippen LogP contribution is 2.26. The Morgan fingerprint density at radius 1 is 1.07 bits per heavy atom. The van der Waals surface area contributed by atoms with Gasteiger partial charge in [0.2, 0.25) is 0 Å². The first kappa shape index (κ1) is 17.5. The standard InChI is InChI=1S/C20H14Cl2N4O/c1-12-15(19(22)26(25-12)14-6-4-5-13(21)11-14)9-10-18-23-17-8-3-2-7-16(17)20(27)24-18/h2-11H,1H3,(H,23,24,27)/b10-9+. The van der Waals surface area contributed by atoms with Crippen molar-refractivity contribution in [3.63, 3.8) is 0 Å². The second kappa shape index (κ2) is 7.02. The minimum Gasteiger partial charge on any atom is -0.306 e. The fraction of sp³-hybridized carbons (Fsp3) is 0.0500. The lowest BCUT2D eigenvalue weighted by Gasteiger charge is -2.03. The molecule has 4 rings (SSSR count). The summed E-state index contributed by atoms with van der Waals surface area (Å²) in [7, 11) is 0. The van der Waals surface area contributed by atoms with Crippen LogP contribution in [-0.4, -0.2) is 19.7 Å². The van der Waals surface area contributed by atoms with E-state index in [-0.39, 0.29) is 5.56 Å². The van der Waals surface area contributed by atoms with Gasteiger partial charge in [-0.1, -0.05) is 41.4 Å². The average Bonchev–Trinajstić information content (AvgIpc) is 2.94. The highest BCUT2D eigenvalue weighted by Gasteiger charge is 2.13. The van der Waals surface area contributed by atoms with Gasteiger partial charge in [-0.15, -0.1) is 0 Å². The zero-order valence-corrected chi connectivity index (χ0v) is 15.8. The number of aryl methyl sites for hydroxylation is 1. The summed E-state index contributed by atoms with van der Waals surface area (Å²) in [5.41, 5.74) is 2.72. The zero-order valence-electron chi connectivity index (χ0n) is 14.3. The fourth-order valence-electron chi connectivity index (χ4n) is 2.83. The van der Waals surface area contributed by atoms with Gasteiger partial charge in [-0.25, -0.2) is 9.67 Å². The maximum Gasteiger partial charge on any atom is 0.259 e. The molecule has 0 aliphatic rings. The van der Waals surface area contributed by atoms with Crippen molar-refractivity contribution >= 4 is 46.3 Å². The Morgan fingerprint density at radius 2 is 1.89 bits per heavy atom. The molecule has 0 atom stereocenters. The highest BCUT2D eigenvalue weighted by atomic mass is 35.5. The fourth-order valence-corrected chi connectivity index (χ4v) is 3.34. The molecule has 2 aromatic heterocycles. The van der Waals surface area contributed by atoms with Crippen LogP contribution in [0.15, 0.2) is 53.3 Å². The third kappa shape index (κ3) is 3.39. The lowest BCUT2D eigenvalue weighted by Crippen LogP contribution is -2.09. The molecule has 134 valence electrons. The van der Waals surface area contributed by atoms with Gasteiger partial charge in [0, 0.05) is 10.6 Å². The number of nitrogens with zero attached hydrogens (tertiary/aromatic N) is 3. The summed E-state index contributed by atoms with van der Waals surface area (Å²) in [4.78, 5) is 19.4. The van der Waals surface area contributed by atoms with Gasteiger partial charge in [0.15, 0.2) is 0 Å². The molecule has 2 aromatic carbocycles. The van der Waals surface area contributed by atoms with Gasteiger partial charge in [0.25, 0.3) is 5.56 Å². The summed E-state index contributed by atoms with van der Waals surface area (Å²) in [6, 6.07) is 14.5. The minimum atomic E-state index is -0.183. The van der Waals surface area contributed by atoms with Crippen molar-refractivity contribution in [2.45, 2.75) is 6.92 Å². The van der Waals surface area contributed by atoms with Crippen LogP contribution in [0.3, 0.4) is 0 Å². The molecule has 0 fully saturated rings. The smallest absolute Gasteiger partial charge is 0.259 e. The Balaban J connectivity index is 1.74. The van der Waals surface area contributed by atoms with Gasteiger partial charge < -0.3 is 4.98 Å². The second-order valence-electron chi connectivity index (χ2n) is 5.98. The summed E-state index contributed by atoms with van der Waals surface area (Å²) in [6.45, 7) is 1.86. The SMILES string of the molecule is Cc1nn(-c2cccc(Cl)c2)c(Cl)c1/C=C/c1nc2ccccc2c(=O)[nH]1. The number of aromatic nitrogens is 4. The van der Waals surface area contributed by atoms with E-state index < -0.39 is 0 Å². The maximum atomic E-state index is 12.2. The summed E-state index contributed by atoms with van der Waals surface area (Å²) in [5.74, 6) is 0.449. The highest BCUT2D eigenvalue weighted by molar-refractivity contribution is 6.32. The third-order valence-electron chi connectivity index (χ3n) is 4.14. The average molecular weight is 397 g/mol. The molecule has 1 N–H and O–H groups in total. The molecule has 0 bridgehead atoms. The Hall–Kier alpha value is -2.89. The molecule has 0 saturated heterocycles. The van der Waals surface area contributed by atoms with E-state index >= 15 is 0 Å². The largest absolute Gasteiger partial charge is 0.306 e. The maximum absolute atomic E-state index is 12.2. The molecule has 0 spiro atoms. The van der Waals surface area contributed by atoms with Crippen molar-refractivity contribution in [3.8, 4) is 5.69 Å². The van der Waals surface area contributed by atoms with Crippen LogP contribution in [0.1, 0.15) is 17.1 Å². The summed E-state index contributed by atoms with van der Waals surface area (Å²) < 4.78 is 1.62. The first-order valence-electron chi connectivity index (χ1n) is 8.21. The number of nitrogens with one attached hydrogen (secondary N) is 1. The molecule has 2 heterocycles. The molecule has 7 heteroatoms. The van der Waals surface area contributed by atoms with Crippen molar-refractivity contribution in [1.82, 2.24) is 19.7 Å². The molecule has 0 saturated carbocycles. The van der Waals surface area contributed by atoms with Gasteiger partial charge in [0.1, 0.15) is 11.0 Å². The monoisotopic (exact) mass is 396 g/mol. The van der Waals surface area contributed by atoms with E-state index in [2.05, 4.69) is 15.1 Å². The lowest BCUT2D eigenvalue weighted by molar-refractivity contribution is 0.863. The van der Waals surface area contributed by atoms with E-state index in [1.165, 1.54) is 0 Å². The molecule has 0 aliphatic carbocycles. The van der Waals surface area contributed by atoms with Crippen LogP contribution in [0, 0.1) is 6.92 Å². The van der Waals surface area contributed by atoms with E-state index in [4.69, 9.17) is 23.2 Å². The topological polar surface area (TPSA) is 63.6 Å². The first-order chi connectivity index (χ1) is 13.0. The van der Waals surface area contributed by atoms with E-state index in [9.17, 15) is 4.79 Å². The van der Waals surface area contributed by atoms with E-state index in [1.807, 2.05) is 31.2 Å². The predicted molar refractivity (Wildman–Crippen MR) is 110 cm³/mol. The summed E-state index contributed by atoms with van der Waals surface area (Å²) >= 11 is 12.6. The van der Waals surface area contributed by atoms with Crippen molar-refractivity contribution < 1.29 is 0 Å². The van der Waals surface area contributed by atoms with Crippen molar-refractivity contribution in [2.75, 3.05) is 0 Å². The van der Waals surface area contributed by atoms with E-state index in [0.29, 0.717) is 26.9 Å². The Bertz CT molecular complexity index is 1240. The van der Waals surface area contributed by atoms with Gasteiger partial charge in [-0.3, -0.25) is 4.79 Å². The third-order valence-corrected chi connectivity index (χ3v) is 4.74. The Kier molecular flexibility index (Phi) is 4.56. The lowest BCUT2D eigenvalue weighted by atomic mass is 10.2. The Labute approximate surface area is 164 Å². The van der Waals surface area contributed by atoms with Gasteiger partial charge in [-0.2, -0.15) is 5.10 Å². The molecular formula is C20H14Cl2N4O. The van der Waals surface area contributed by atoms with Gasteiger partial charge >= 0.3 is 0 Å². The molecule has 0 aliphatic heterocycles. The van der Waals surface area contributed by atoms with Crippen molar-refractivity contribution in [1.29, 1.82) is 0 Å². The number of para-hydroxylation sites is 1. The first-order valence-corrected chi connectivity index (χ1v) is 8.97. The van der Waals surface area contributed by atoms with E-state index in [0.717, 1.165) is 16.9 Å². The number of benzene rings is 2. The molecular weight excluding hydrogens is 383 g/mol. The predicted octanol–water partition coefficient (Wildman–Crippen LogP) is 4.89. The number of halogens is 2. The number of rotatable bonds is 3. The van der Waals surface area contributed by atoms with E-state index in [1.54, 1.807) is 41.1 Å². The molecule has 5 nitrogen and oxygen atoms in total. The van der Waals surface area contributed by atoms with Crippen LogP contribution in [-0.2, 0) is 0 Å². The zero-order chi connectivity index (χ0) is 19.0. The Morgan fingerprint density at radius 3 is 2.70 bits per heavy atom. The van der Waals surface area contributed by atoms with Crippen molar-refractivity contribution in [2.24, 2.45) is 0 Å². The quantitative estimate of drug-likeness (QED) is 0.535. The van der Waals surface area contributed by atoms with Crippen LogP contribution < -0.4 is 5.56 Å². The van der Waals surface area contributed by atoms with Crippen LogP contribution in [0.4, 0.5) is 0 Å². The summed E-state index contributed by atoms with van der Waals surface area (Å²) in [6.07, 6.45) is 3.50. The molecule has 0 unspecified atom stereocenters. The van der Waals surface area contributed by atoms with Crippen molar-refractivity contribution in [3.05, 3.63) is 86.1 Å². The second-order valence-corrected chi connectivity index (χ2v) is 6.78. The number of fused-ring (bicyclic) bond motifs is 1. The summed E-state index contributed by atoms with van der Waals surface area (Å²) in [5, 5.41) is 6.09. The minimum absolute atomic E-state index is 0.183. The van der Waals surface area contributed by atoms with Crippen LogP contribution in [0.25, 0.3) is 28.7 Å². The number of hydrogen-bond donors (Lipinski definition) is 1. The molecule has 0 amide bonds. The van der Waals surface area contributed by atoms with Crippen LogP contribution in [0.5, 0.6) is 0 Å². The molecule has 27 heavy (non-hydrogen) atoms. The normalized spacial score (nSPS) is 11.5. The van der Waals surface area contributed by atoms with Crippen LogP contribution >= 0.6 is 23.2 Å². The van der Waals surface area contributed by atoms with Gasteiger partial charge in [-0.05, 0) is 49.4 Å². The molecule has 0 radical (unpaired) electrons. The number of aromatic amines is 1.